The van der Waals surface area contributed by atoms with Gasteiger partial charge in [0.1, 0.15) is 12.1 Å². The van der Waals surface area contributed by atoms with Crippen molar-refractivity contribution < 1.29 is 14.1 Å². The smallest absolute Gasteiger partial charge is 0.325 e. The maximum absolute atomic E-state index is 12.3. The fourth-order valence-corrected chi connectivity index (χ4v) is 3.52. The molecule has 18 heavy (non-hydrogen) atoms. The Bertz CT molecular complexity index is 509. The number of urea groups is 1. The lowest BCUT2D eigenvalue weighted by Crippen LogP contribution is -2.46. The minimum absolute atomic E-state index is 0.0396. The third-order valence-corrected chi connectivity index (χ3v) is 4.32. The number of carbonyl (C=O) groups is 2. The Balaban J connectivity index is 1.80. The van der Waals surface area contributed by atoms with Gasteiger partial charge in [0.15, 0.2) is 5.82 Å². The van der Waals surface area contributed by atoms with Crippen molar-refractivity contribution in [2.24, 2.45) is 0 Å². The molecule has 0 aliphatic carbocycles. The highest BCUT2D eigenvalue weighted by Crippen LogP contribution is 2.33. The van der Waals surface area contributed by atoms with Crippen LogP contribution in [-0.4, -0.2) is 44.0 Å². The van der Waals surface area contributed by atoms with Crippen LogP contribution in [0, 0.1) is 6.92 Å². The van der Waals surface area contributed by atoms with E-state index in [1.54, 1.807) is 18.7 Å². The number of thioether (sulfide) groups is 1. The summed E-state index contributed by atoms with van der Waals surface area (Å²) in [7, 11) is 0. The maximum atomic E-state index is 12.3. The van der Waals surface area contributed by atoms with Gasteiger partial charge in [-0.05, 0) is 19.1 Å². The summed E-state index contributed by atoms with van der Waals surface area (Å²) in [5.41, 5.74) is -0.711. The van der Waals surface area contributed by atoms with E-state index in [1.165, 1.54) is 0 Å². The number of hydrogen-bond donors (Lipinski definition) is 1. The molecule has 8 heteroatoms. The Morgan fingerprint density at radius 2 is 2.39 bits per heavy atom. The molecule has 3 amide bonds. The molecule has 1 N–H and O–H groups in total. The number of aryl methyl sites for hydroxylation is 1. The van der Waals surface area contributed by atoms with Gasteiger partial charge in [-0.25, -0.2) is 4.79 Å². The lowest BCUT2D eigenvalue weighted by molar-refractivity contribution is -0.131. The minimum Gasteiger partial charge on any atom is -0.337 e. The predicted octanol–water partition coefficient (Wildman–Crippen LogP) is 0.306. The third-order valence-electron chi connectivity index (χ3n) is 3.13. The first-order chi connectivity index (χ1) is 8.61. The molecule has 2 saturated heterocycles. The number of amides is 3. The molecule has 2 aliphatic heterocycles. The summed E-state index contributed by atoms with van der Waals surface area (Å²) in [6, 6.07) is -0.377. The first kappa shape index (κ1) is 11.5. The number of nitrogens with one attached hydrogen (secondary N) is 1. The van der Waals surface area contributed by atoms with Crippen LogP contribution in [0.2, 0.25) is 0 Å². The Kier molecular flexibility index (Phi) is 2.54. The SMILES string of the molecule is Cc1noc(CN2C(=O)N[C@]3(CCSC3)C2=O)n1. The average molecular weight is 268 g/mol. The molecular weight excluding hydrogens is 256 g/mol. The number of rotatable bonds is 2. The summed E-state index contributed by atoms with van der Waals surface area (Å²) < 4.78 is 4.93. The first-order valence-corrected chi connectivity index (χ1v) is 6.77. The van der Waals surface area contributed by atoms with E-state index in [2.05, 4.69) is 15.5 Å². The second-order valence-electron chi connectivity index (χ2n) is 4.44. The Morgan fingerprint density at radius 3 is 3.00 bits per heavy atom. The van der Waals surface area contributed by atoms with E-state index >= 15 is 0 Å². The fraction of sp³-hybridized carbons (Fsp3) is 0.600. The molecule has 1 aromatic rings. The van der Waals surface area contributed by atoms with Crippen LogP contribution < -0.4 is 5.32 Å². The van der Waals surface area contributed by atoms with E-state index in [-0.39, 0.29) is 24.4 Å². The van der Waals surface area contributed by atoms with E-state index in [0.29, 0.717) is 18.0 Å². The van der Waals surface area contributed by atoms with E-state index in [9.17, 15) is 9.59 Å². The highest BCUT2D eigenvalue weighted by Gasteiger charge is 2.53. The van der Waals surface area contributed by atoms with Gasteiger partial charge < -0.3 is 9.84 Å². The summed E-state index contributed by atoms with van der Waals surface area (Å²) >= 11 is 1.67. The second-order valence-corrected chi connectivity index (χ2v) is 5.55. The monoisotopic (exact) mass is 268 g/mol. The Morgan fingerprint density at radius 1 is 1.56 bits per heavy atom. The average Bonchev–Trinajstić information content (AvgIpc) is 2.99. The summed E-state index contributed by atoms with van der Waals surface area (Å²) in [5, 5.41) is 6.42. The summed E-state index contributed by atoms with van der Waals surface area (Å²) in [4.78, 5) is 29.3. The van der Waals surface area contributed by atoms with Gasteiger partial charge in [0.05, 0.1) is 0 Å². The number of nitrogens with zero attached hydrogens (tertiary/aromatic N) is 3. The molecule has 96 valence electrons. The van der Waals surface area contributed by atoms with Crippen LogP contribution in [0.4, 0.5) is 4.79 Å². The summed E-state index contributed by atoms with van der Waals surface area (Å²) in [6.45, 7) is 1.73. The van der Waals surface area contributed by atoms with Crippen molar-refractivity contribution in [2.75, 3.05) is 11.5 Å². The first-order valence-electron chi connectivity index (χ1n) is 5.62. The maximum Gasteiger partial charge on any atom is 0.325 e. The molecule has 1 aromatic heterocycles. The van der Waals surface area contributed by atoms with E-state index < -0.39 is 5.54 Å². The van der Waals surface area contributed by atoms with Crippen molar-refractivity contribution in [1.82, 2.24) is 20.4 Å². The second kappa shape index (κ2) is 3.98. The van der Waals surface area contributed by atoms with Crippen LogP contribution in [0.25, 0.3) is 0 Å². The van der Waals surface area contributed by atoms with Crippen LogP contribution in [0.5, 0.6) is 0 Å². The van der Waals surface area contributed by atoms with Gasteiger partial charge in [0, 0.05) is 5.75 Å². The number of aromatic nitrogens is 2. The standard InChI is InChI=1S/C10H12N4O3S/c1-6-11-7(17-13-6)4-14-8(15)10(12-9(14)16)2-3-18-5-10/h2-5H2,1H3,(H,12,16)/t10-/m0/s1. The number of imide groups is 1. The highest BCUT2D eigenvalue weighted by atomic mass is 32.2. The van der Waals surface area contributed by atoms with Crippen LogP contribution in [0.3, 0.4) is 0 Å². The van der Waals surface area contributed by atoms with Gasteiger partial charge in [-0.3, -0.25) is 9.69 Å². The van der Waals surface area contributed by atoms with Gasteiger partial charge in [0.25, 0.3) is 5.91 Å². The minimum atomic E-state index is -0.711. The molecule has 0 aromatic carbocycles. The van der Waals surface area contributed by atoms with Crippen molar-refractivity contribution >= 4 is 23.7 Å². The third kappa shape index (κ3) is 1.67. The molecule has 3 rings (SSSR count). The molecular formula is C10H12N4O3S. The van der Waals surface area contributed by atoms with Crippen molar-refractivity contribution in [1.29, 1.82) is 0 Å². The van der Waals surface area contributed by atoms with Gasteiger partial charge in [-0.2, -0.15) is 16.7 Å². The summed E-state index contributed by atoms with van der Waals surface area (Å²) in [6.07, 6.45) is 0.682. The lowest BCUT2D eigenvalue weighted by Gasteiger charge is -2.18. The number of hydrogen-bond acceptors (Lipinski definition) is 6. The topological polar surface area (TPSA) is 88.3 Å². The van der Waals surface area contributed by atoms with Crippen LogP contribution in [0.15, 0.2) is 4.52 Å². The van der Waals surface area contributed by atoms with E-state index in [4.69, 9.17) is 4.52 Å². The molecule has 0 radical (unpaired) electrons. The molecule has 1 atom stereocenters. The predicted molar refractivity (Wildman–Crippen MR) is 62.8 cm³/mol. The molecule has 0 unspecified atom stereocenters. The molecule has 0 saturated carbocycles. The highest BCUT2D eigenvalue weighted by molar-refractivity contribution is 7.99. The quantitative estimate of drug-likeness (QED) is 0.776. The van der Waals surface area contributed by atoms with Gasteiger partial charge in [-0.15, -0.1) is 0 Å². The zero-order chi connectivity index (χ0) is 12.8. The van der Waals surface area contributed by atoms with Crippen molar-refractivity contribution in [3.05, 3.63) is 11.7 Å². The Labute approximate surface area is 107 Å². The Hall–Kier alpha value is -1.57. The molecule has 1 spiro atoms. The normalized spacial score (nSPS) is 27.3. The zero-order valence-corrected chi connectivity index (χ0v) is 10.6. The lowest BCUT2D eigenvalue weighted by atomic mass is 9.99. The van der Waals surface area contributed by atoms with Crippen molar-refractivity contribution in [3.63, 3.8) is 0 Å². The molecule has 0 bridgehead atoms. The van der Waals surface area contributed by atoms with Gasteiger partial charge in [-0.1, -0.05) is 5.16 Å². The number of carbonyl (C=O) groups excluding carboxylic acids is 2. The largest absolute Gasteiger partial charge is 0.337 e. The van der Waals surface area contributed by atoms with Gasteiger partial charge >= 0.3 is 6.03 Å². The summed E-state index contributed by atoms with van der Waals surface area (Å²) in [5.74, 6) is 2.10. The van der Waals surface area contributed by atoms with E-state index in [1.807, 2.05) is 0 Å². The van der Waals surface area contributed by atoms with Crippen LogP contribution in [0.1, 0.15) is 18.1 Å². The van der Waals surface area contributed by atoms with Crippen LogP contribution >= 0.6 is 11.8 Å². The van der Waals surface area contributed by atoms with E-state index in [0.717, 1.165) is 10.7 Å². The van der Waals surface area contributed by atoms with Gasteiger partial charge in [0.2, 0.25) is 5.89 Å². The van der Waals surface area contributed by atoms with Crippen LogP contribution in [-0.2, 0) is 11.3 Å². The fourth-order valence-electron chi connectivity index (χ4n) is 2.19. The van der Waals surface area contributed by atoms with Crippen molar-refractivity contribution in [2.45, 2.75) is 25.4 Å². The molecule has 2 aliphatic rings. The molecule has 3 heterocycles. The molecule has 7 nitrogen and oxygen atoms in total. The molecule has 2 fully saturated rings. The van der Waals surface area contributed by atoms with Crippen molar-refractivity contribution in [3.8, 4) is 0 Å². The zero-order valence-electron chi connectivity index (χ0n) is 9.80.